The smallest absolute Gasteiger partial charge is 0.124 e. The van der Waals surface area contributed by atoms with Crippen molar-refractivity contribution in [2.24, 2.45) is 10.8 Å². The summed E-state index contributed by atoms with van der Waals surface area (Å²) in [5.41, 5.74) is 5.57. The Hall–Kier alpha value is -1.96. The van der Waals surface area contributed by atoms with Crippen LogP contribution in [-0.4, -0.2) is 10.2 Å². The van der Waals surface area contributed by atoms with Gasteiger partial charge in [-0.2, -0.15) is 0 Å². The Morgan fingerprint density at radius 3 is 0.921 bits per heavy atom. The van der Waals surface area contributed by atoms with E-state index in [1.807, 2.05) is 12.1 Å². The van der Waals surface area contributed by atoms with Crippen LogP contribution in [0.1, 0.15) is 146 Å². The van der Waals surface area contributed by atoms with Gasteiger partial charge in [-0.05, 0) is 79.7 Å². The molecular formula is C36H58O2. The quantitative estimate of drug-likeness (QED) is 0.410. The number of phenols is 2. The molecule has 2 rings (SSSR count). The predicted octanol–water partition coefficient (Wildman–Crippen LogP) is 10.8. The zero-order valence-electron chi connectivity index (χ0n) is 27.6. The van der Waals surface area contributed by atoms with Crippen LogP contribution in [0.15, 0.2) is 24.3 Å². The Bertz CT molecular complexity index is 1060. The fraction of sp³-hybridized carbons (Fsp3) is 0.667. The van der Waals surface area contributed by atoms with Gasteiger partial charge < -0.3 is 10.2 Å². The summed E-state index contributed by atoms with van der Waals surface area (Å²) >= 11 is 0. The molecule has 2 nitrogen and oxygen atoms in total. The lowest BCUT2D eigenvalue weighted by Crippen LogP contribution is -2.27. The van der Waals surface area contributed by atoms with Gasteiger partial charge >= 0.3 is 0 Å². The molecule has 0 fully saturated rings. The number of phenolic OH excluding ortho intramolecular Hbond substituents is 2. The second-order valence-corrected chi connectivity index (χ2v) is 17.6. The standard InChI is InChI=1S/C36H58O2/c1-31(2,3)21-35(13,14)23-17-25(33(7,8)9)29(27(37)19-23)30-26(34(10,11)12)18-24(20-28(30)38)36(15,16)22-32(4,5)6/h17-20,37-38H,21-22H2,1-16H3. The highest BCUT2D eigenvalue weighted by molar-refractivity contribution is 5.83. The van der Waals surface area contributed by atoms with E-state index in [0.717, 1.165) is 46.2 Å². The van der Waals surface area contributed by atoms with E-state index >= 15 is 0 Å². The van der Waals surface area contributed by atoms with Gasteiger partial charge in [0, 0.05) is 11.1 Å². The van der Waals surface area contributed by atoms with E-state index < -0.39 is 0 Å². The third-order valence-corrected chi connectivity index (χ3v) is 7.61. The van der Waals surface area contributed by atoms with Crippen LogP contribution < -0.4 is 0 Å². The molecular weight excluding hydrogens is 464 g/mol. The first-order chi connectivity index (χ1) is 16.7. The van der Waals surface area contributed by atoms with E-state index in [9.17, 15) is 10.2 Å². The Morgan fingerprint density at radius 1 is 0.447 bits per heavy atom. The van der Waals surface area contributed by atoms with Crippen LogP contribution in [0.25, 0.3) is 11.1 Å². The van der Waals surface area contributed by atoms with Crippen LogP contribution in [0.3, 0.4) is 0 Å². The van der Waals surface area contributed by atoms with Crippen molar-refractivity contribution in [2.75, 3.05) is 0 Å². The van der Waals surface area contributed by atoms with Crippen molar-refractivity contribution < 1.29 is 10.2 Å². The fourth-order valence-corrected chi connectivity index (χ4v) is 6.60. The summed E-state index contributed by atoms with van der Waals surface area (Å²) in [6.45, 7) is 35.8. The van der Waals surface area contributed by atoms with Crippen LogP contribution >= 0.6 is 0 Å². The molecule has 0 saturated carbocycles. The van der Waals surface area contributed by atoms with E-state index in [1.165, 1.54) is 0 Å². The van der Waals surface area contributed by atoms with Crippen molar-refractivity contribution in [2.45, 2.75) is 145 Å². The number of hydrogen-bond donors (Lipinski definition) is 2. The molecule has 0 unspecified atom stereocenters. The van der Waals surface area contributed by atoms with Gasteiger partial charge in [-0.25, -0.2) is 0 Å². The molecule has 0 radical (unpaired) electrons. The van der Waals surface area contributed by atoms with Crippen LogP contribution in [0, 0.1) is 10.8 Å². The largest absolute Gasteiger partial charge is 0.507 e. The summed E-state index contributed by atoms with van der Waals surface area (Å²) in [6.07, 6.45) is 2.00. The third-order valence-electron chi connectivity index (χ3n) is 7.61. The molecule has 2 aromatic carbocycles. The molecule has 0 amide bonds. The molecule has 214 valence electrons. The summed E-state index contributed by atoms with van der Waals surface area (Å²) in [7, 11) is 0. The first kappa shape index (κ1) is 32.3. The van der Waals surface area contributed by atoms with Gasteiger partial charge in [0.2, 0.25) is 0 Å². The zero-order valence-corrected chi connectivity index (χ0v) is 27.6. The van der Waals surface area contributed by atoms with E-state index in [4.69, 9.17) is 0 Å². The monoisotopic (exact) mass is 522 g/mol. The number of hydrogen-bond acceptors (Lipinski definition) is 2. The van der Waals surface area contributed by atoms with Gasteiger partial charge in [-0.3, -0.25) is 0 Å². The van der Waals surface area contributed by atoms with E-state index in [0.29, 0.717) is 0 Å². The molecule has 0 bridgehead atoms. The van der Waals surface area contributed by atoms with Crippen molar-refractivity contribution in [3.05, 3.63) is 46.5 Å². The lowest BCUT2D eigenvalue weighted by atomic mass is 9.68. The van der Waals surface area contributed by atoms with Crippen molar-refractivity contribution in [1.29, 1.82) is 0 Å². The third kappa shape index (κ3) is 7.57. The van der Waals surface area contributed by atoms with Crippen molar-refractivity contribution in [3.8, 4) is 22.6 Å². The van der Waals surface area contributed by atoms with Crippen molar-refractivity contribution >= 4 is 0 Å². The van der Waals surface area contributed by atoms with Crippen LogP contribution in [0.4, 0.5) is 0 Å². The molecule has 0 atom stereocenters. The van der Waals surface area contributed by atoms with E-state index in [2.05, 4.69) is 123 Å². The van der Waals surface area contributed by atoms with E-state index in [-0.39, 0.29) is 44.0 Å². The Kier molecular flexibility index (Phi) is 8.40. The van der Waals surface area contributed by atoms with Crippen molar-refractivity contribution in [3.63, 3.8) is 0 Å². The van der Waals surface area contributed by atoms with Crippen LogP contribution in [0.5, 0.6) is 11.5 Å². The number of aromatic hydroxyl groups is 2. The van der Waals surface area contributed by atoms with Gasteiger partial charge in [0.1, 0.15) is 11.5 Å². The molecule has 0 heterocycles. The fourth-order valence-electron chi connectivity index (χ4n) is 6.60. The molecule has 0 aliphatic carbocycles. The molecule has 0 aliphatic rings. The van der Waals surface area contributed by atoms with Crippen LogP contribution in [-0.2, 0) is 21.7 Å². The van der Waals surface area contributed by atoms with Gasteiger partial charge in [0.25, 0.3) is 0 Å². The second-order valence-electron chi connectivity index (χ2n) is 17.6. The second kappa shape index (κ2) is 9.90. The zero-order chi connectivity index (χ0) is 29.9. The average Bonchev–Trinajstić information content (AvgIpc) is 2.61. The van der Waals surface area contributed by atoms with Gasteiger partial charge in [0.05, 0.1) is 0 Å². The minimum absolute atomic E-state index is 0.107. The molecule has 2 aromatic rings. The van der Waals surface area contributed by atoms with Gasteiger partial charge in [-0.15, -0.1) is 0 Å². The maximum atomic E-state index is 11.7. The van der Waals surface area contributed by atoms with Gasteiger partial charge in [0.15, 0.2) is 0 Å². The normalized spacial score (nSPS) is 14.2. The summed E-state index contributed by atoms with van der Waals surface area (Å²) in [5, 5.41) is 23.5. The van der Waals surface area contributed by atoms with Crippen LogP contribution in [0.2, 0.25) is 0 Å². The van der Waals surface area contributed by atoms with E-state index in [1.54, 1.807) is 0 Å². The Labute approximate surface area is 235 Å². The first-order valence-corrected chi connectivity index (χ1v) is 14.4. The number of benzene rings is 2. The predicted molar refractivity (Wildman–Crippen MR) is 167 cm³/mol. The summed E-state index contributed by atoms with van der Waals surface area (Å²) < 4.78 is 0. The SMILES string of the molecule is CC(C)(C)CC(C)(C)c1cc(O)c(-c2c(O)cc(C(C)(C)CC(C)(C)C)cc2C(C)(C)C)c(C(C)(C)C)c1. The maximum absolute atomic E-state index is 11.7. The minimum Gasteiger partial charge on any atom is -0.507 e. The minimum atomic E-state index is -0.230. The molecule has 0 spiro atoms. The summed E-state index contributed by atoms with van der Waals surface area (Å²) in [4.78, 5) is 0. The molecule has 38 heavy (non-hydrogen) atoms. The highest BCUT2D eigenvalue weighted by Gasteiger charge is 2.35. The average molecular weight is 523 g/mol. The Balaban J connectivity index is 2.96. The first-order valence-electron chi connectivity index (χ1n) is 14.4. The molecule has 0 aromatic heterocycles. The molecule has 0 saturated heterocycles. The lowest BCUT2D eigenvalue weighted by Gasteiger charge is -2.37. The molecule has 2 N–H and O–H groups in total. The van der Waals surface area contributed by atoms with Gasteiger partial charge in [-0.1, -0.05) is 123 Å². The van der Waals surface area contributed by atoms with Crippen molar-refractivity contribution in [1.82, 2.24) is 0 Å². The topological polar surface area (TPSA) is 40.5 Å². The lowest BCUT2D eigenvalue weighted by molar-refractivity contribution is 0.282. The maximum Gasteiger partial charge on any atom is 0.124 e. The molecule has 2 heteroatoms. The Morgan fingerprint density at radius 2 is 0.711 bits per heavy atom. The highest BCUT2D eigenvalue weighted by atomic mass is 16.3. The molecule has 0 aliphatic heterocycles. The number of rotatable bonds is 5. The summed E-state index contributed by atoms with van der Waals surface area (Å²) in [5.74, 6) is 0.494. The highest BCUT2D eigenvalue weighted by Crippen LogP contribution is 2.51. The summed E-state index contributed by atoms with van der Waals surface area (Å²) in [6, 6.07) is 8.45.